The number of benzene rings is 1. The van der Waals surface area contributed by atoms with E-state index in [9.17, 15) is 0 Å². The van der Waals surface area contributed by atoms with E-state index in [4.69, 9.17) is 17.3 Å². The largest absolute Gasteiger partial charge is 0.330 e. The maximum Gasteiger partial charge on any atom is 0.0483 e. The van der Waals surface area contributed by atoms with E-state index in [1.54, 1.807) is 0 Å². The Kier molecular flexibility index (Phi) is 3.52. The lowest BCUT2D eigenvalue weighted by molar-refractivity contribution is 1.02. The van der Waals surface area contributed by atoms with Gasteiger partial charge >= 0.3 is 0 Å². The number of hydrogen-bond acceptors (Lipinski definition) is 1. The summed E-state index contributed by atoms with van der Waals surface area (Å²) in [6.45, 7) is 6.57. The van der Waals surface area contributed by atoms with Crippen LogP contribution in [0.2, 0.25) is 5.02 Å². The van der Waals surface area contributed by atoms with Gasteiger partial charge in [0.1, 0.15) is 0 Å². The molecule has 0 saturated carbocycles. The van der Waals surface area contributed by atoms with Crippen LogP contribution in [0.3, 0.4) is 0 Å². The fourth-order valence-corrected chi connectivity index (χ4v) is 1.58. The summed E-state index contributed by atoms with van der Waals surface area (Å²) in [5.41, 5.74) is 8.62. The standard InChI is InChI=1S/C11H14ClN/c1-8-3-4-10(11(12)7-8)9(2)5-6-13/h3-4,7H,2,5-6,13H2,1H3. The minimum Gasteiger partial charge on any atom is -0.330 e. The van der Waals surface area contributed by atoms with Gasteiger partial charge in [0.05, 0.1) is 0 Å². The first-order valence-electron chi connectivity index (χ1n) is 4.29. The van der Waals surface area contributed by atoms with E-state index in [-0.39, 0.29) is 0 Å². The van der Waals surface area contributed by atoms with Crippen LogP contribution in [0.4, 0.5) is 0 Å². The third kappa shape index (κ3) is 2.58. The zero-order valence-corrected chi connectivity index (χ0v) is 8.56. The van der Waals surface area contributed by atoms with Crippen molar-refractivity contribution in [2.24, 2.45) is 5.73 Å². The lowest BCUT2D eigenvalue weighted by Crippen LogP contribution is -1.99. The van der Waals surface area contributed by atoms with Gasteiger partial charge in [-0.1, -0.05) is 30.3 Å². The highest BCUT2D eigenvalue weighted by Gasteiger charge is 2.03. The van der Waals surface area contributed by atoms with Crippen molar-refractivity contribution in [3.05, 3.63) is 40.9 Å². The van der Waals surface area contributed by atoms with Gasteiger partial charge in [-0.05, 0) is 42.7 Å². The Balaban J connectivity index is 2.95. The van der Waals surface area contributed by atoms with Gasteiger partial charge in [0.15, 0.2) is 0 Å². The zero-order chi connectivity index (χ0) is 9.84. The average Bonchev–Trinajstić information content (AvgIpc) is 2.04. The van der Waals surface area contributed by atoms with Crippen LogP contribution in [0.5, 0.6) is 0 Å². The Bertz CT molecular complexity index is 318. The first-order valence-corrected chi connectivity index (χ1v) is 4.67. The topological polar surface area (TPSA) is 26.0 Å². The van der Waals surface area contributed by atoms with Crippen molar-refractivity contribution in [1.82, 2.24) is 0 Å². The minimum absolute atomic E-state index is 0.614. The third-order valence-corrected chi connectivity index (χ3v) is 2.26. The highest BCUT2D eigenvalue weighted by atomic mass is 35.5. The second kappa shape index (κ2) is 4.45. The fourth-order valence-electron chi connectivity index (χ4n) is 1.22. The van der Waals surface area contributed by atoms with E-state index < -0.39 is 0 Å². The zero-order valence-electron chi connectivity index (χ0n) is 7.81. The van der Waals surface area contributed by atoms with Crippen LogP contribution in [0.25, 0.3) is 5.57 Å². The smallest absolute Gasteiger partial charge is 0.0483 e. The van der Waals surface area contributed by atoms with Gasteiger partial charge in [0.25, 0.3) is 0 Å². The third-order valence-electron chi connectivity index (χ3n) is 1.95. The second-order valence-corrected chi connectivity index (χ2v) is 3.53. The fraction of sp³-hybridized carbons (Fsp3) is 0.273. The molecule has 0 aliphatic heterocycles. The number of nitrogens with two attached hydrogens (primary N) is 1. The molecule has 0 spiro atoms. The first-order chi connectivity index (χ1) is 6.15. The first kappa shape index (κ1) is 10.3. The molecule has 1 aromatic rings. The van der Waals surface area contributed by atoms with Gasteiger partial charge in [-0.2, -0.15) is 0 Å². The molecular formula is C11H14ClN. The van der Waals surface area contributed by atoms with Crippen LogP contribution in [-0.4, -0.2) is 6.54 Å². The normalized spacial score (nSPS) is 10.1. The van der Waals surface area contributed by atoms with Crippen molar-refractivity contribution in [3.8, 4) is 0 Å². The second-order valence-electron chi connectivity index (χ2n) is 3.13. The molecule has 0 aromatic heterocycles. The molecule has 0 fully saturated rings. The van der Waals surface area contributed by atoms with Crippen LogP contribution in [-0.2, 0) is 0 Å². The highest BCUT2D eigenvalue weighted by Crippen LogP contribution is 2.25. The number of aryl methyl sites for hydroxylation is 1. The summed E-state index contributed by atoms with van der Waals surface area (Å²) in [5, 5.41) is 0.762. The van der Waals surface area contributed by atoms with Crippen molar-refractivity contribution in [2.75, 3.05) is 6.54 Å². The highest BCUT2D eigenvalue weighted by molar-refractivity contribution is 6.32. The molecule has 0 unspecified atom stereocenters. The van der Waals surface area contributed by atoms with Crippen molar-refractivity contribution < 1.29 is 0 Å². The van der Waals surface area contributed by atoms with Crippen LogP contribution >= 0.6 is 11.6 Å². The van der Waals surface area contributed by atoms with E-state index in [0.29, 0.717) is 6.54 Å². The molecule has 0 bridgehead atoms. The Labute approximate surface area is 84.2 Å². The maximum absolute atomic E-state index is 6.06. The molecule has 2 heteroatoms. The van der Waals surface area contributed by atoms with Gasteiger partial charge < -0.3 is 5.73 Å². The minimum atomic E-state index is 0.614. The molecule has 70 valence electrons. The van der Waals surface area contributed by atoms with Crippen LogP contribution in [0.1, 0.15) is 17.5 Å². The summed E-state index contributed by atoms with van der Waals surface area (Å²) in [5.74, 6) is 0. The monoisotopic (exact) mass is 195 g/mol. The molecule has 0 aliphatic carbocycles. The lowest BCUT2D eigenvalue weighted by Gasteiger charge is -2.07. The van der Waals surface area contributed by atoms with Gasteiger partial charge in [-0.15, -0.1) is 0 Å². The molecule has 0 saturated heterocycles. The summed E-state index contributed by atoms with van der Waals surface area (Å²) < 4.78 is 0. The Morgan fingerprint density at radius 3 is 2.77 bits per heavy atom. The molecule has 2 N–H and O–H groups in total. The molecule has 1 rings (SSSR count). The molecule has 0 radical (unpaired) electrons. The lowest BCUT2D eigenvalue weighted by atomic mass is 10.0. The molecule has 1 aromatic carbocycles. The van der Waals surface area contributed by atoms with Crippen LogP contribution < -0.4 is 5.73 Å². The quantitative estimate of drug-likeness (QED) is 0.789. The maximum atomic E-state index is 6.06. The molecule has 0 heterocycles. The molecule has 0 amide bonds. The van der Waals surface area contributed by atoms with E-state index in [0.717, 1.165) is 28.1 Å². The van der Waals surface area contributed by atoms with E-state index in [1.807, 2.05) is 25.1 Å². The SMILES string of the molecule is C=C(CCN)c1ccc(C)cc1Cl. The van der Waals surface area contributed by atoms with E-state index in [1.165, 1.54) is 0 Å². The predicted octanol–water partition coefficient (Wildman–Crippen LogP) is 3.01. The van der Waals surface area contributed by atoms with Gasteiger partial charge in [-0.25, -0.2) is 0 Å². The molecular weight excluding hydrogens is 182 g/mol. The van der Waals surface area contributed by atoms with Gasteiger partial charge in [0, 0.05) is 5.02 Å². The number of hydrogen-bond donors (Lipinski definition) is 1. The Morgan fingerprint density at radius 1 is 1.54 bits per heavy atom. The van der Waals surface area contributed by atoms with Gasteiger partial charge in [0.2, 0.25) is 0 Å². The summed E-state index contributed by atoms with van der Waals surface area (Å²) in [6.07, 6.45) is 0.794. The summed E-state index contributed by atoms with van der Waals surface area (Å²) in [6, 6.07) is 5.97. The average molecular weight is 196 g/mol. The van der Waals surface area contributed by atoms with Crippen LogP contribution in [0.15, 0.2) is 24.8 Å². The van der Waals surface area contributed by atoms with Crippen molar-refractivity contribution in [3.63, 3.8) is 0 Å². The Hall–Kier alpha value is -0.790. The van der Waals surface area contributed by atoms with Crippen molar-refractivity contribution in [1.29, 1.82) is 0 Å². The summed E-state index contributed by atoms with van der Waals surface area (Å²) >= 11 is 6.06. The molecule has 13 heavy (non-hydrogen) atoms. The van der Waals surface area contributed by atoms with E-state index in [2.05, 4.69) is 6.58 Å². The molecule has 0 atom stereocenters. The van der Waals surface area contributed by atoms with Crippen molar-refractivity contribution in [2.45, 2.75) is 13.3 Å². The summed E-state index contributed by atoms with van der Waals surface area (Å²) in [7, 11) is 0. The molecule has 0 aliphatic rings. The van der Waals surface area contributed by atoms with E-state index >= 15 is 0 Å². The Morgan fingerprint density at radius 2 is 2.23 bits per heavy atom. The summed E-state index contributed by atoms with van der Waals surface area (Å²) in [4.78, 5) is 0. The number of rotatable bonds is 3. The van der Waals surface area contributed by atoms with Gasteiger partial charge in [-0.3, -0.25) is 0 Å². The number of halogens is 1. The predicted molar refractivity (Wildman–Crippen MR) is 58.9 cm³/mol. The van der Waals surface area contributed by atoms with Crippen molar-refractivity contribution >= 4 is 17.2 Å². The molecule has 1 nitrogen and oxygen atoms in total. The van der Waals surface area contributed by atoms with Crippen LogP contribution in [0, 0.1) is 6.92 Å².